The molecule has 1 aromatic heterocycles. The van der Waals surface area contributed by atoms with Crippen LogP contribution in [0.1, 0.15) is 35.4 Å². The van der Waals surface area contributed by atoms with Gasteiger partial charge in [-0.1, -0.05) is 42.5 Å². The minimum absolute atomic E-state index is 0.0693. The van der Waals surface area contributed by atoms with Gasteiger partial charge in [-0.25, -0.2) is 13.4 Å². The molecule has 196 valence electrons. The van der Waals surface area contributed by atoms with Gasteiger partial charge in [0.15, 0.2) is 0 Å². The molecule has 2 aliphatic rings. The van der Waals surface area contributed by atoms with Crippen molar-refractivity contribution in [1.29, 1.82) is 0 Å². The van der Waals surface area contributed by atoms with Crippen molar-refractivity contribution in [3.05, 3.63) is 83.4 Å². The number of sulfonamides is 1. The van der Waals surface area contributed by atoms with Gasteiger partial charge in [0.2, 0.25) is 16.0 Å². The first-order valence-corrected chi connectivity index (χ1v) is 14.3. The summed E-state index contributed by atoms with van der Waals surface area (Å²) in [6, 6.07) is 17.6. The predicted molar refractivity (Wildman–Crippen MR) is 142 cm³/mol. The number of nitrogens with zero attached hydrogens (tertiary/aromatic N) is 3. The molecule has 5 rings (SSSR count). The Balaban J connectivity index is 1.44. The number of aromatic nitrogens is 1. The van der Waals surface area contributed by atoms with E-state index in [-0.39, 0.29) is 18.0 Å². The standard InChI is InChI=1S/C29H34FN3O3S/c1-20-8-4-5-9-27(20)37(34,35)32-14-6-7-15-33-25(18-32)28(26(33)19-36-3)23-12-10-22(11-13-23)24-16-21(2)29(30)31-17-24/h4-5,8-13,16-17,25-26,28H,6-7,14-15,18-19H2,1-3H3/t25?,26?,28-/m0/s1. The second kappa shape index (κ2) is 10.6. The largest absolute Gasteiger partial charge is 0.383 e. The Morgan fingerprint density at radius 1 is 1.00 bits per heavy atom. The predicted octanol–water partition coefficient (Wildman–Crippen LogP) is 4.77. The van der Waals surface area contributed by atoms with E-state index in [0.29, 0.717) is 30.2 Å². The Bertz CT molecular complexity index is 1360. The summed E-state index contributed by atoms with van der Waals surface area (Å²) in [5.41, 5.74) is 4.29. The number of ether oxygens (including phenoxy) is 1. The van der Waals surface area contributed by atoms with E-state index in [9.17, 15) is 12.8 Å². The molecule has 37 heavy (non-hydrogen) atoms. The molecule has 0 aliphatic carbocycles. The van der Waals surface area contributed by atoms with Crippen LogP contribution in [0.5, 0.6) is 0 Å². The molecule has 6 nitrogen and oxygen atoms in total. The minimum atomic E-state index is -3.60. The van der Waals surface area contributed by atoms with Gasteiger partial charge in [-0.05, 0) is 62.1 Å². The molecule has 0 bridgehead atoms. The van der Waals surface area contributed by atoms with E-state index in [1.165, 1.54) is 0 Å². The summed E-state index contributed by atoms with van der Waals surface area (Å²) in [4.78, 5) is 6.67. The van der Waals surface area contributed by atoms with E-state index >= 15 is 0 Å². The van der Waals surface area contributed by atoms with Crippen LogP contribution in [0, 0.1) is 19.8 Å². The summed E-state index contributed by atoms with van der Waals surface area (Å²) in [6.07, 6.45) is 3.33. The highest BCUT2D eigenvalue weighted by Crippen LogP contribution is 2.43. The maximum atomic E-state index is 13.7. The fourth-order valence-electron chi connectivity index (χ4n) is 5.88. The van der Waals surface area contributed by atoms with E-state index in [1.54, 1.807) is 42.7 Å². The number of benzene rings is 2. The van der Waals surface area contributed by atoms with Crippen LogP contribution in [0.3, 0.4) is 0 Å². The molecule has 3 atom stereocenters. The average molecular weight is 524 g/mol. The van der Waals surface area contributed by atoms with Gasteiger partial charge in [-0.15, -0.1) is 0 Å². The molecule has 2 saturated heterocycles. The van der Waals surface area contributed by atoms with Crippen molar-refractivity contribution in [2.24, 2.45) is 0 Å². The van der Waals surface area contributed by atoms with Gasteiger partial charge in [0.05, 0.1) is 11.5 Å². The normalized spacial score (nSPS) is 23.1. The van der Waals surface area contributed by atoms with E-state index in [2.05, 4.69) is 22.0 Å². The van der Waals surface area contributed by atoms with Crippen molar-refractivity contribution < 1.29 is 17.5 Å². The van der Waals surface area contributed by atoms with Gasteiger partial charge in [0.1, 0.15) is 0 Å². The molecule has 0 N–H and O–H groups in total. The van der Waals surface area contributed by atoms with Crippen LogP contribution in [0.2, 0.25) is 0 Å². The monoisotopic (exact) mass is 523 g/mol. The quantitative estimate of drug-likeness (QED) is 0.436. The molecule has 2 aliphatic heterocycles. The lowest BCUT2D eigenvalue weighted by molar-refractivity contribution is -0.0635. The Morgan fingerprint density at radius 2 is 1.73 bits per heavy atom. The first kappa shape index (κ1) is 26.0. The molecule has 0 saturated carbocycles. The molecular weight excluding hydrogens is 489 g/mol. The highest BCUT2D eigenvalue weighted by molar-refractivity contribution is 7.89. The SMILES string of the molecule is COCC1[C@@H](c2ccc(-c3cnc(F)c(C)c3)cc2)C2CN(S(=O)(=O)c3ccccc3C)CCCCN12. The van der Waals surface area contributed by atoms with Crippen molar-refractivity contribution >= 4 is 10.0 Å². The average Bonchev–Trinajstić information content (AvgIpc) is 2.87. The van der Waals surface area contributed by atoms with Gasteiger partial charge in [-0.2, -0.15) is 8.70 Å². The summed E-state index contributed by atoms with van der Waals surface area (Å²) in [5.74, 6) is -0.304. The zero-order valence-corrected chi connectivity index (χ0v) is 22.4. The van der Waals surface area contributed by atoms with E-state index in [4.69, 9.17) is 4.74 Å². The van der Waals surface area contributed by atoms with Crippen molar-refractivity contribution in [2.75, 3.05) is 33.4 Å². The molecule has 3 heterocycles. The Morgan fingerprint density at radius 3 is 2.43 bits per heavy atom. The van der Waals surface area contributed by atoms with Crippen molar-refractivity contribution in [2.45, 2.75) is 49.6 Å². The molecule has 0 amide bonds. The number of pyridine rings is 1. The zero-order chi connectivity index (χ0) is 26.2. The third-order valence-corrected chi connectivity index (χ3v) is 9.86. The first-order chi connectivity index (χ1) is 17.8. The number of hydrogen-bond acceptors (Lipinski definition) is 5. The highest BCUT2D eigenvalue weighted by atomic mass is 32.2. The second-order valence-corrected chi connectivity index (χ2v) is 12.0. The van der Waals surface area contributed by atoms with Gasteiger partial charge in [0, 0.05) is 55.5 Å². The molecule has 0 radical (unpaired) electrons. The number of halogens is 1. The first-order valence-electron chi connectivity index (χ1n) is 12.8. The lowest BCUT2D eigenvalue weighted by Crippen LogP contribution is -2.68. The number of fused-ring (bicyclic) bond motifs is 1. The summed E-state index contributed by atoms with van der Waals surface area (Å²) in [5, 5.41) is 0. The number of methoxy groups -OCH3 is 1. The van der Waals surface area contributed by atoms with Crippen LogP contribution in [-0.2, 0) is 14.8 Å². The van der Waals surface area contributed by atoms with Gasteiger partial charge in [0.25, 0.3) is 0 Å². The van der Waals surface area contributed by atoms with Gasteiger partial charge in [-0.3, -0.25) is 4.90 Å². The fourth-order valence-corrected chi connectivity index (χ4v) is 7.60. The minimum Gasteiger partial charge on any atom is -0.383 e. The molecule has 2 unspecified atom stereocenters. The molecule has 2 aromatic carbocycles. The topological polar surface area (TPSA) is 62.7 Å². The van der Waals surface area contributed by atoms with Gasteiger partial charge < -0.3 is 4.74 Å². The maximum absolute atomic E-state index is 13.7. The number of aryl methyl sites for hydroxylation is 2. The lowest BCUT2D eigenvalue weighted by atomic mass is 9.74. The second-order valence-electron chi connectivity index (χ2n) is 10.1. The maximum Gasteiger partial charge on any atom is 0.243 e. The summed E-state index contributed by atoms with van der Waals surface area (Å²) >= 11 is 0. The van der Waals surface area contributed by atoms with E-state index < -0.39 is 16.0 Å². The van der Waals surface area contributed by atoms with Crippen LogP contribution in [0.4, 0.5) is 4.39 Å². The highest BCUT2D eigenvalue weighted by Gasteiger charge is 2.50. The smallest absolute Gasteiger partial charge is 0.243 e. The molecule has 8 heteroatoms. The van der Waals surface area contributed by atoms with E-state index in [1.807, 2.05) is 31.2 Å². The Hall–Kier alpha value is -2.65. The van der Waals surface area contributed by atoms with Crippen molar-refractivity contribution in [3.63, 3.8) is 0 Å². The van der Waals surface area contributed by atoms with Crippen LogP contribution < -0.4 is 0 Å². The van der Waals surface area contributed by atoms with Crippen LogP contribution >= 0.6 is 0 Å². The van der Waals surface area contributed by atoms with Crippen LogP contribution in [0.25, 0.3) is 11.1 Å². The van der Waals surface area contributed by atoms with Gasteiger partial charge >= 0.3 is 0 Å². The Kier molecular flexibility index (Phi) is 7.45. The molecule has 0 spiro atoms. The van der Waals surface area contributed by atoms with Crippen molar-refractivity contribution in [1.82, 2.24) is 14.2 Å². The third kappa shape index (κ3) is 4.95. The van der Waals surface area contributed by atoms with Crippen LogP contribution in [0.15, 0.2) is 65.7 Å². The molecule has 2 fully saturated rings. The summed E-state index contributed by atoms with van der Waals surface area (Å²) in [7, 11) is -1.88. The lowest BCUT2D eigenvalue weighted by Gasteiger charge is -2.57. The number of hydrogen-bond donors (Lipinski definition) is 0. The van der Waals surface area contributed by atoms with E-state index in [0.717, 1.165) is 41.6 Å². The number of rotatable bonds is 6. The zero-order valence-electron chi connectivity index (χ0n) is 21.6. The summed E-state index contributed by atoms with van der Waals surface area (Å²) < 4.78 is 48.3. The molecule has 3 aromatic rings. The molecular formula is C29H34FN3O3S. The van der Waals surface area contributed by atoms with Crippen molar-refractivity contribution in [3.8, 4) is 11.1 Å². The Labute approximate surface area is 219 Å². The third-order valence-electron chi connectivity index (χ3n) is 7.84. The summed E-state index contributed by atoms with van der Waals surface area (Å²) in [6.45, 7) is 6.07. The van der Waals surface area contributed by atoms with Crippen LogP contribution in [-0.4, -0.2) is 68.0 Å². The fraction of sp³-hybridized carbons (Fsp3) is 0.414.